The van der Waals surface area contributed by atoms with Crippen LogP contribution in [-0.2, 0) is 9.53 Å². The molecule has 0 N–H and O–H groups in total. The lowest BCUT2D eigenvalue weighted by Crippen LogP contribution is -2.04. The number of ether oxygens (including phenoxy) is 1. The summed E-state index contributed by atoms with van der Waals surface area (Å²) >= 11 is 0. The highest BCUT2D eigenvalue weighted by Gasteiger charge is 1.99. The van der Waals surface area contributed by atoms with Crippen LogP contribution in [0.3, 0.4) is 0 Å². The largest absolute Gasteiger partial charge is 0.466 e. The van der Waals surface area contributed by atoms with Crippen molar-refractivity contribution >= 4 is 5.97 Å². The monoisotopic (exact) mass is 242 g/mol. The molecule has 1 aliphatic carbocycles. The highest BCUT2D eigenvalue weighted by molar-refractivity contribution is 5.69. The van der Waals surface area contributed by atoms with Crippen molar-refractivity contribution < 1.29 is 9.53 Å². The van der Waals surface area contributed by atoms with Crippen LogP contribution in [0.2, 0.25) is 0 Å². The molecule has 0 amide bonds. The number of carbonyl (C=O) groups excluding carboxylic acids is 1. The van der Waals surface area contributed by atoms with E-state index < -0.39 is 0 Å². The Bertz CT molecular complexity index is 151. The molecule has 17 heavy (non-hydrogen) atoms. The molecule has 0 atom stereocenters. The predicted molar refractivity (Wildman–Crippen MR) is 73.1 cm³/mol. The highest BCUT2D eigenvalue weighted by Crippen LogP contribution is 2.15. The normalized spacial score (nSPS) is 14.7. The van der Waals surface area contributed by atoms with Gasteiger partial charge < -0.3 is 4.74 Å². The molecule has 1 aliphatic rings. The Morgan fingerprint density at radius 3 is 1.76 bits per heavy atom. The number of unbranched alkanes of at least 4 members (excludes halogenated alkanes) is 2. The SMILES string of the molecule is C1CCCCC1.CCCCOC(=O)CCCC. The molecule has 102 valence electrons. The first-order chi connectivity index (χ1) is 8.31. The highest BCUT2D eigenvalue weighted by atomic mass is 16.5. The van der Waals surface area contributed by atoms with E-state index >= 15 is 0 Å². The molecule has 2 nitrogen and oxygen atoms in total. The van der Waals surface area contributed by atoms with Crippen LogP contribution in [0, 0.1) is 0 Å². The van der Waals surface area contributed by atoms with E-state index in [1.54, 1.807) is 0 Å². The summed E-state index contributed by atoms with van der Waals surface area (Å²) in [5, 5.41) is 0. The van der Waals surface area contributed by atoms with Crippen molar-refractivity contribution in [3.05, 3.63) is 0 Å². The van der Waals surface area contributed by atoms with Crippen LogP contribution in [-0.4, -0.2) is 12.6 Å². The molecular formula is C15H30O2. The van der Waals surface area contributed by atoms with Crippen LogP contribution in [0.15, 0.2) is 0 Å². The molecular weight excluding hydrogens is 212 g/mol. The second-order valence-electron chi connectivity index (χ2n) is 4.80. The molecule has 1 rings (SSSR count). The lowest BCUT2D eigenvalue weighted by Gasteiger charge is -2.05. The van der Waals surface area contributed by atoms with Gasteiger partial charge in [-0.3, -0.25) is 4.79 Å². The maximum atomic E-state index is 10.9. The third kappa shape index (κ3) is 13.4. The summed E-state index contributed by atoms with van der Waals surface area (Å²) in [5.41, 5.74) is 0. The average molecular weight is 242 g/mol. The molecule has 1 fully saturated rings. The molecule has 0 spiro atoms. The smallest absolute Gasteiger partial charge is 0.305 e. The van der Waals surface area contributed by atoms with Crippen LogP contribution < -0.4 is 0 Å². The zero-order valence-corrected chi connectivity index (χ0v) is 11.8. The van der Waals surface area contributed by atoms with Crippen molar-refractivity contribution in [3.63, 3.8) is 0 Å². The van der Waals surface area contributed by atoms with Gasteiger partial charge in [0, 0.05) is 6.42 Å². The summed E-state index contributed by atoms with van der Waals surface area (Å²) in [7, 11) is 0. The van der Waals surface area contributed by atoms with E-state index in [2.05, 4.69) is 13.8 Å². The van der Waals surface area contributed by atoms with Crippen molar-refractivity contribution in [2.24, 2.45) is 0 Å². The fourth-order valence-corrected chi connectivity index (χ4v) is 1.78. The summed E-state index contributed by atoms with van der Waals surface area (Å²) in [6.45, 7) is 4.75. The van der Waals surface area contributed by atoms with E-state index in [4.69, 9.17) is 4.74 Å². The van der Waals surface area contributed by atoms with Crippen LogP contribution in [0.25, 0.3) is 0 Å². The summed E-state index contributed by atoms with van der Waals surface area (Å²) in [4.78, 5) is 10.9. The van der Waals surface area contributed by atoms with Gasteiger partial charge in [-0.15, -0.1) is 0 Å². The Balaban J connectivity index is 0.000000354. The van der Waals surface area contributed by atoms with Crippen molar-refractivity contribution in [2.75, 3.05) is 6.61 Å². The molecule has 2 heteroatoms. The fourth-order valence-electron chi connectivity index (χ4n) is 1.78. The van der Waals surface area contributed by atoms with Crippen molar-refractivity contribution in [3.8, 4) is 0 Å². The topological polar surface area (TPSA) is 26.3 Å². The Hall–Kier alpha value is -0.530. The molecule has 1 saturated carbocycles. The first-order valence-corrected chi connectivity index (χ1v) is 7.46. The molecule has 0 aromatic rings. The van der Waals surface area contributed by atoms with E-state index in [1.807, 2.05) is 0 Å². The van der Waals surface area contributed by atoms with Crippen molar-refractivity contribution in [1.82, 2.24) is 0 Å². The summed E-state index contributed by atoms with van der Waals surface area (Å²) < 4.78 is 4.95. The molecule has 0 bridgehead atoms. The molecule has 0 saturated heterocycles. The molecule has 0 unspecified atom stereocenters. The van der Waals surface area contributed by atoms with Crippen molar-refractivity contribution in [2.45, 2.75) is 84.5 Å². The Labute approximate surface area is 107 Å². The number of esters is 1. The standard InChI is InChI=1S/C9H18O2.C6H12/c1-3-5-7-9(10)11-8-6-4-2;1-2-4-6-5-3-1/h3-8H2,1-2H3;1-6H2. The first-order valence-electron chi connectivity index (χ1n) is 7.46. The van der Waals surface area contributed by atoms with Gasteiger partial charge in [-0.25, -0.2) is 0 Å². The van der Waals surface area contributed by atoms with Crippen molar-refractivity contribution in [1.29, 1.82) is 0 Å². The Morgan fingerprint density at radius 2 is 1.35 bits per heavy atom. The maximum absolute atomic E-state index is 10.9. The van der Waals surface area contributed by atoms with Gasteiger partial charge in [0.15, 0.2) is 0 Å². The lowest BCUT2D eigenvalue weighted by molar-refractivity contribution is -0.143. The Kier molecular flexibility index (Phi) is 13.1. The van der Waals surface area contributed by atoms with E-state index in [-0.39, 0.29) is 5.97 Å². The van der Waals surface area contributed by atoms with Gasteiger partial charge in [0.2, 0.25) is 0 Å². The predicted octanol–water partition coefficient (Wildman–Crippen LogP) is 4.86. The van der Waals surface area contributed by atoms with Gasteiger partial charge in [0.05, 0.1) is 6.61 Å². The number of rotatable bonds is 6. The van der Waals surface area contributed by atoms with Gasteiger partial charge in [0.25, 0.3) is 0 Å². The Morgan fingerprint density at radius 1 is 0.882 bits per heavy atom. The summed E-state index contributed by atoms with van der Waals surface area (Å²) in [6.07, 6.45) is 13.7. The van der Waals surface area contributed by atoms with Crippen LogP contribution in [0.5, 0.6) is 0 Å². The third-order valence-corrected chi connectivity index (χ3v) is 3.00. The van der Waals surface area contributed by atoms with Gasteiger partial charge in [-0.05, 0) is 12.8 Å². The first kappa shape index (κ1) is 16.5. The number of hydrogen-bond donors (Lipinski definition) is 0. The summed E-state index contributed by atoms with van der Waals surface area (Å²) in [6, 6.07) is 0. The average Bonchev–Trinajstić information content (AvgIpc) is 2.39. The zero-order chi connectivity index (χ0) is 12.8. The molecule has 0 aromatic heterocycles. The minimum atomic E-state index is -0.0414. The molecule has 0 aromatic carbocycles. The second-order valence-corrected chi connectivity index (χ2v) is 4.80. The van der Waals surface area contributed by atoms with E-state index in [0.717, 1.165) is 25.7 Å². The van der Waals surface area contributed by atoms with Crippen LogP contribution in [0.1, 0.15) is 84.5 Å². The van der Waals surface area contributed by atoms with Gasteiger partial charge in [0.1, 0.15) is 0 Å². The zero-order valence-electron chi connectivity index (χ0n) is 11.8. The summed E-state index contributed by atoms with van der Waals surface area (Å²) in [5.74, 6) is -0.0414. The molecule has 0 aliphatic heterocycles. The minimum Gasteiger partial charge on any atom is -0.466 e. The van der Waals surface area contributed by atoms with Gasteiger partial charge >= 0.3 is 5.97 Å². The molecule has 0 radical (unpaired) electrons. The lowest BCUT2D eigenvalue weighted by atomic mass is 10.0. The second kappa shape index (κ2) is 13.5. The van der Waals surface area contributed by atoms with Crippen LogP contribution >= 0.6 is 0 Å². The molecule has 0 heterocycles. The number of hydrogen-bond acceptors (Lipinski definition) is 2. The third-order valence-electron chi connectivity index (χ3n) is 3.00. The maximum Gasteiger partial charge on any atom is 0.305 e. The fraction of sp³-hybridized carbons (Fsp3) is 0.933. The van der Waals surface area contributed by atoms with E-state index in [1.165, 1.54) is 38.5 Å². The van der Waals surface area contributed by atoms with E-state index in [9.17, 15) is 4.79 Å². The number of carbonyl (C=O) groups is 1. The van der Waals surface area contributed by atoms with Gasteiger partial charge in [-0.1, -0.05) is 65.2 Å². The van der Waals surface area contributed by atoms with Gasteiger partial charge in [-0.2, -0.15) is 0 Å². The quantitative estimate of drug-likeness (QED) is 0.491. The van der Waals surface area contributed by atoms with E-state index in [0.29, 0.717) is 13.0 Å². The van der Waals surface area contributed by atoms with Crippen LogP contribution in [0.4, 0.5) is 0 Å². The minimum absolute atomic E-state index is 0.0414.